The monoisotopic (exact) mass is 928 g/mol. The molecular formula is C60H113NO5. The van der Waals surface area contributed by atoms with Crippen molar-refractivity contribution in [2.45, 2.75) is 321 Å². The summed E-state index contributed by atoms with van der Waals surface area (Å²) in [4.78, 5) is 24.5. The predicted octanol–water partition coefficient (Wildman–Crippen LogP) is 18.0. The molecule has 0 heterocycles. The predicted molar refractivity (Wildman–Crippen MR) is 287 cm³/mol. The van der Waals surface area contributed by atoms with Gasteiger partial charge in [-0.2, -0.15) is 0 Å². The molecule has 66 heavy (non-hydrogen) atoms. The summed E-state index contributed by atoms with van der Waals surface area (Å²) in [6.45, 7) is 4.89. The summed E-state index contributed by atoms with van der Waals surface area (Å²) in [5.74, 6) is -0.0794. The van der Waals surface area contributed by atoms with Gasteiger partial charge in [0.25, 0.3) is 0 Å². The standard InChI is InChI=1S/C60H113NO5/c1-3-5-7-9-11-13-15-17-25-28-32-36-40-44-48-52-58(63)57(56-62)61-59(64)53-49-45-41-37-33-29-26-23-21-19-20-22-24-27-31-35-39-43-47-51-55-66-60(65)54-50-46-42-38-34-30-18-16-14-12-10-8-6-4-2/h16,18-19,21,48,52,57-58,62-63H,3-15,17,20,22-47,49-51,53-56H2,1-2H3,(H,61,64)/b18-16-,21-19-,52-48+. The molecule has 0 aromatic heterocycles. The van der Waals surface area contributed by atoms with E-state index < -0.39 is 12.1 Å². The minimum atomic E-state index is -0.850. The number of carbonyl (C=O) groups excluding carboxylic acids is 2. The molecule has 0 fully saturated rings. The zero-order valence-electron chi connectivity index (χ0n) is 44.2. The number of ether oxygens (including phenoxy) is 1. The molecule has 388 valence electrons. The molecule has 0 saturated carbocycles. The lowest BCUT2D eigenvalue weighted by molar-refractivity contribution is -0.143. The molecule has 0 rings (SSSR count). The van der Waals surface area contributed by atoms with Crippen LogP contribution in [0.1, 0.15) is 309 Å². The molecule has 2 unspecified atom stereocenters. The highest BCUT2D eigenvalue weighted by molar-refractivity contribution is 5.76. The topological polar surface area (TPSA) is 95.9 Å². The fraction of sp³-hybridized carbons (Fsp3) is 0.867. The van der Waals surface area contributed by atoms with Gasteiger partial charge in [0.2, 0.25) is 5.91 Å². The second-order valence-electron chi connectivity index (χ2n) is 20.0. The van der Waals surface area contributed by atoms with Gasteiger partial charge in [0.05, 0.1) is 25.4 Å². The van der Waals surface area contributed by atoms with Crippen LogP contribution in [-0.2, 0) is 14.3 Å². The Hall–Kier alpha value is -1.92. The Bertz CT molecular complexity index is 1070. The number of allylic oxidation sites excluding steroid dienone is 5. The maximum atomic E-state index is 12.4. The molecule has 0 aromatic carbocycles. The molecule has 0 radical (unpaired) electrons. The summed E-state index contributed by atoms with van der Waals surface area (Å²) >= 11 is 0. The van der Waals surface area contributed by atoms with Crippen molar-refractivity contribution in [3.8, 4) is 0 Å². The normalized spacial score (nSPS) is 12.8. The lowest BCUT2D eigenvalue weighted by Crippen LogP contribution is -2.45. The van der Waals surface area contributed by atoms with Crippen molar-refractivity contribution in [3.63, 3.8) is 0 Å². The van der Waals surface area contributed by atoms with Crippen molar-refractivity contribution in [2.75, 3.05) is 13.2 Å². The molecule has 0 spiro atoms. The van der Waals surface area contributed by atoms with Gasteiger partial charge in [0.1, 0.15) is 0 Å². The number of nitrogens with one attached hydrogen (secondary N) is 1. The van der Waals surface area contributed by atoms with Gasteiger partial charge in [-0.1, -0.05) is 249 Å². The Kier molecular flexibility index (Phi) is 54.1. The van der Waals surface area contributed by atoms with Crippen LogP contribution in [0, 0.1) is 0 Å². The van der Waals surface area contributed by atoms with E-state index in [1.54, 1.807) is 6.08 Å². The third kappa shape index (κ3) is 51.5. The van der Waals surface area contributed by atoms with Crippen LogP contribution in [0.25, 0.3) is 0 Å². The van der Waals surface area contributed by atoms with E-state index in [4.69, 9.17) is 4.74 Å². The molecule has 2 atom stereocenters. The Labute approximate surface area is 411 Å². The number of amides is 1. The van der Waals surface area contributed by atoms with Gasteiger partial charge < -0.3 is 20.3 Å². The number of rotatable bonds is 54. The summed E-state index contributed by atoms with van der Waals surface area (Å²) in [7, 11) is 0. The van der Waals surface area contributed by atoms with Gasteiger partial charge in [-0.3, -0.25) is 9.59 Å². The minimum absolute atomic E-state index is 0.00323. The molecule has 0 aliphatic carbocycles. The summed E-state index contributed by atoms with van der Waals surface area (Å²) in [6.07, 6.45) is 68.8. The van der Waals surface area contributed by atoms with Gasteiger partial charge in [0.15, 0.2) is 0 Å². The first kappa shape index (κ1) is 64.1. The van der Waals surface area contributed by atoms with E-state index in [2.05, 4.69) is 43.5 Å². The quantitative estimate of drug-likeness (QED) is 0.0321. The first-order valence-electron chi connectivity index (χ1n) is 29.3. The van der Waals surface area contributed by atoms with Crippen molar-refractivity contribution in [2.24, 2.45) is 0 Å². The molecule has 6 nitrogen and oxygen atoms in total. The number of aliphatic hydroxyl groups is 2. The van der Waals surface area contributed by atoms with Crippen molar-refractivity contribution in [1.82, 2.24) is 5.32 Å². The van der Waals surface area contributed by atoms with Gasteiger partial charge in [-0.05, 0) is 83.5 Å². The number of hydrogen-bond donors (Lipinski definition) is 3. The van der Waals surface area contributed by atoms with E-state index in [0.29, 0.717) is 19.4 Å². The average Bonchev–Trinajstić information content (AvgIpc) is 3.32. The number of esters is 1. The van der Waals surface area contributed by atoms with E-state index in [1.165, 1.54) is 231 Å². The number of aliphatic hydroxyl groups excluding tert-OH is 2. The minimum Gasteiger partial charge on any atom is -0.466 e. The molecule has 0 saturated heterocycles. The van der Waals surface area contributed by atoms with E-state index in [9.17, 15) is 19.8 Å². The number of unbranched alkanes of at least 4 members (excludes halogenated alkanes) is 39. The van der Waals surface area contributed by atoms with Gasteiger partial charge in [-0.15, -0.1) is 0 Å². The van der Waals surface area contributed by atoms with Gasteiger partial charge in [-0.25, -0.2) is 0 Å². The average molecular weight is 929 g/mol. The molecule has 6 heteroatoms. The molecule has 0 bridgehead atoms. The van der Waals surface area contributed by atoms with Crippen LogP contribution in [0.15, 0.2) is 36.5 Å². The summed E-state index contributed by atoms with van der Waals surface area (Å²) < 4.78 is 5.47. The van der Waals surface area contributed by atoms with Crippen LogP contribution < -0.4 is 5.32 Å². The number of carbonyl (C=O) groups is 2. The summed E-state index contributed by atoms with van der Waals surface area (Å²) in [5, 5.41) is 23.1. The SMILES string of the molecule is CCCCCCC/C=C\CCCCCCCC(=O)OCCCCCCCCCCC/C=C\CCCCCCCCCC(=O)NC(CO)C(O)/C=C/CCCCCCCCCCCCCCC. The molecule has 0 aromatic rings. The van der Waals surface area contributed by atoms with Crippen molar-refractivity contribution >= 4 is 11.9 Å². The number of hydrogen-bond acceptors (Lipinski definition) is 5. The van der Waals surface area contributed by atoms with Crippen molar-refractivity contribution in [1.29, 1.82) is 0 Å². The van der Waals surface area contributed by atoms with Crippen LogP contribution >= 0.6 is 0 Å². The van der Waals surface area contributed by atoms with Crippen LogP contribution in [0.3, 0.4) is 0 Å². The highest BCUT2D eigenvalue weighted by atomic mass is 16.5. The fourth-order valence-corrected chi connectivity index (χ4v) is 8.86. The van der Waals surface area contributed by atoms with Crippen LogP contribution in [-0.4, -0.2) is 47.4 Å². The van der Waals surface area contributed by atoms with Crippen LogP contribution in [0.5, 0.6) is 0 Å². The molecule has 3 N–H and O–H groups in total. The van der Waals surface area contributed by atoms with Crippen molar-refractivity contribution < 1.29 is 24.5 Å². The highest BCUT2D eigenvalue weighted by Gasteiger charge is 2.18. The third-order valence-electron chi connectivity index (χ3n) is 13.4. The highest BCUT2D eigenvalue weighted by Crippen LogP contribution is 2.16. The third-order valence-corrected chi connectivity index (χ3v) is 13.4. The summed E-state index contributed by atoms with van der Waals surface area (Å²) in [6, 6.07) is -0.634. The van der Waals surface area contributed by atoms with Gasteiger partial charge in [0, 0.05) is 12.8 Å². The largest absolute Gasteiger partial charge is 0.466 e. The van der Waals surface area contributed by atoms with E-state index in [-0.39, 0.29) is 18.5 Å². The molecule has 1 amide bonds. The van der Waals surface area contributed by atoms with Crippen LogP contribution in [0.4, 0.5) is 0 Å². The lowest BCUT2D eigenvalue weighted by atomic mass is 10.0. The molecular weight excluding hydrogens is 815 g/mol. The lowest BCUT2D eigenvalue weighted by Gasteiger charge is -2.20. The Morgan fingerprint density at radius 1 is 0.409 bits per heavy atom. The van der Waals surface area contributed by atoms with E-state index >= 15 is 0 Å². The zero-order valence-corrected chi connectivity index (χ0v) is 44.2. The Morgan fingerprint density at radius 3 is 1.08 bits per heavy atom. The van der Waals surface area contributed by atoms with E-state index in [0.717, 1.165) is 51.4 Å². The maximum Gasteiger partial charge on any atom is 0.305 e. The Balaban J connectivity index is 3.46. The summed E-state index contributed by atoms with van der Waals surface area (Å²) in [5.41, 5.74) is 0. The fourth-order valence-electron chi connectivity index (χ4n) is 8.86. The smallest absolute Gasteiger partial charge is 0.305 e. The molecule has 0 aliphatic rings. The van der Waals surface area contributed by atoms with Crippen molar-refractivity contribution in [3.05, 3.63) is 36.5 Å². The maximum absolute atomic E-state index is 12.4. The second-order valence-corrected chi connectivity index (χ2v) is 20.0. The zero-order chi connectivity index (χ0) is 47.9. The molecule has 0 aliphatic heterocycles. The first-order chi connectivity index (χ1) is 32.5. The first-order valence-corrected chi connectivity index (χ1v) is 29.3. The van der Waals surface area contributed by atoms with Gasteiger partial charge >= 0.3 is 5.97 Å². The Morgan fingerprint density at radius 2 is 0.712 bits per heavy atom. The van der Waals surface area contributed by atoms with E-state index in [1.807, 2.05) is 6.08 Å². The second kappa shape index (κ2) is 55.7. The van der Waals surface area contributed by atoms with Crippen LogP contribution in [0.2, 0.25) is 0 Å².